The predicted octanol–water partition coefficient (Wildman–Crippen LogP) is 6.67. The second-order valence-electron chi connectivity index (χ2n) is 6.47. The zero-order chi connectivity index (χ0) is 22.4. The third-order valence-corrected chi connectivity index (χ3v) is 6.03. The quantitative estimate of drug-likeness (QED) is 0.442. The summed E-state index contributed by atoms with van der Waals surface area (Å²) < 4.78 is 36.0. The Bertz CT molecular complexity index is 1010. The number of anilines is 2. The first kappa shape index (κ1) is 23.3. The minimum atomic E-state index is -5.10. The van der Waals surface area contributed by atoms with E-state index in [1.54, 1.807) is 17.4 Å². The lowest BCUT2D eigenvalue weighted by Gasteiger charge is -2.12. The fourth-order valence-corrected chi connectivity index (χ4v) is 4.47. The average Bonchev–Trinajstić information content (AvgIpc) is 3.18. The maximum Gasteiger partial charge on any atom is 0.471 e. The molecule has 1 saturated carbocycles. The molecule has 160 valence electrons. The Hall–Kier alpha value is -1.38. The molecule has 30 heavy (non-hydrogen) atoms. The predicted molar refractivity (Wildman–Crippen MR) is 112 cm³/mol. The van der Waals surface area contributed by atoms with Crippen molar-refractivity contribution in [3.05, 3.63) is 57.0 Å². The molecule has 2 atom stereocenters. The van der Waals surface area contributed by atoms with Crippen molar-refractivity contribution < 1.29 is 22.8 Å². The molecule has 1 fully saturated rings. The summed E-state index contributed by atoms with van der Waals surface area (Å²) in [6.45, 7) is 0. The summed E-state index contributed by atoms with van der Waals surface area (Å²) in [6, 6.07) is 8.33. The first-order valence-corrected chi connectivity index (χ1v) is 10.0. The molecule has 0 spiro atoms. The van der Waals surface area contributed by atoms with Crippen LogP contribution in [0.1, 0.15) is 11.5 Å². The molecule has 0 unspecified atom stereocenters. The van der Waals surface area contributed by atoms with E-state index in [9.17, 15) is 22.8 Å². The van der Waals surface area contributed by atoms with Crippen LogP contribution >= 0.6 is 58.0 Å². The Kier molecular flexibility index (Phi) is 6.43. The lowest BCUT2D eigenvalue weighted by molar-refractivity contribution is -0.167. The van der Waals surface area contributed by atoms with E-state index in [0.29, 0.717) is 15.6 Å². The van der Waals surface area contributed by atoms with Gasteiger partial charge in [0.1, 0.15) is 4.33 Å². The van der Waals surface area contributed by atoms with Gasteiger partial charge >= 0.3 is 12.1 Å². The molecule has 0 saturated heterocycles. The molecule has 2 aromatic carbocycles. The van der Waals surface area contributed by atoms with Crippen LogP contribution in [-0.2, 0) is 9.59 Å². The maximum atomic E-state index is 12.7. The Labute approximate surface area is 193 Å². The van der Waals surface area contributed by atoms with Gasteiger partial charge < -0.3 is 10.6 Å². The first-order valence-electron chi connectivity index (χ1n) is 8.13. The van der Waals surface area contributed by atoms with Crippen LogP contribution in [0.2, 0.25) is 15.1 Å². The summed E-state index contributed by atoms with van der Waals surface area (Å²) in [6.07, 6.45) is -5.10. The summed E-state index contributed by atoms with van der Waals surface area (Å²) in [4.78, 5) is 23.8. The van der Waals surface area contributed by atoms with Crippen LogP contribution < -0.4 is 10.6 Å². The normalized spacial score (nSPS) is 19.9. The number of nitrogens with one attached hydrogen (secondary N) is 2. The molecule has 0 bridgehead atoms. The monoisotopic (exact) mass is 518 g/mol. The van der Waals surface area contributed by atoms with Gasteiger partial charge in [-0.15, -0.1) is 23.2 Å². The number of benzene rings is 2. The van der Waals surface area contributed by atoms with Gasteiger partial charge in [0, 0.05) is 21.7 Å². The Balaban J connectivity index is 1.78. The summed E-state index contributed by atoms with van der Waals surface area (Å²) in [5.74, 6) is -4.27. The lowest BCUT2D eigenvalue weighted by atomic mass is 10.1. The summed E-state index contributed by atoms with van der Waals surface area (Å²) in [5.41, 5.74) is 0.321. The van der Waals surface area contributed by atoms with E-state index in [1.807, 2.05) is 0 Å². The molecule has 2 N–H and O–H groups in total. The number of hydrogen-bond donors (Lipinski definition) is 2. The summed E-state index contributed by atoms with van der Waals surface area (Å²) in [7, 11) is 0. The van der Waals surface area contributed by atoms with Crippen molar-refractivity contribution in [2.45, 2.75) is 16.4 Å². The van der Waals surface area contributed by atoms with Gasteiger partial charge in [-0.1, -0.05) is 34.8 Å². The highest BCUT2D eigenvalue weighted by atomic mass is 35.5. The minimum absolute atomic E-state index is 0.0841. The van der Waals surface area contributed by atoms with Gasteiger partial charge in [-0.25, -0.2) is 0 Å². The van der Waals surface area contributed by atoms with Gasteiger partial charge in [0.25, 0.3) is 0 Å². The molecule has 0 heterocycles. The van der Waals surface area contributed by atoms with Gasteiger partial charge in [-0.05, 0) is 42.0 Å². The molecular weight excluding hydrogens is 510 g/mol. The van der Waals surface area contributed by atoms with Gasteiger partial charge in [-0.2, -0.15) is 13.2 Å². The van der Waals surface area contributed by atoms with Crippen LogP contribution in [0.5, 0.6) is 0 Å². The summed E-state index contributed by atoms with van der Waals surface area (Å²) in [5, 5.41) is 4.69. The Morgan fingerprint density at radius 2 is 1.53 bits per heavy atom. The van der Waals surface area contributed by atoms with E-state index in [-0.39, 0.29) is 16.4 Å². The molecule has 0 aromatic heterocycles. The van der Waals surface area contributed by atoms with Gasteiger partial charge in [0.15, 0.2) is 0 Å². The third kappa shape index (κ3) is 4.92. The van der Waals surface area contributed by atoms with Crippen LogP contribution in [0.3, 0.4) is 0 Å². The highest BCUT2D eigenvalue weighted by molar-refractivity contribution is 6.53. The third-order valence-electron chi connectivity index (χ3n) is 4.32. The van der Waals surface area contributed by atoms with Crippen LogP contribution in [0.15, 0.2) is 36.4 Å². The van der Waals surface area contributed by atoms with Crippen LogP contribution in [-0.4, -0.2) is 22.3 Å². The van der Waals surface area contributed by atoms with Gasteiger partial charge in [0.05, 0.1) is 16.6 Å². The maximum absolute atomic E-state index is 12.7. The van der Waals surface area contributed by atoms with Crippen molar-refractivity contribution in [1.29, 1.82) is 0 Å². The van der Waals surface area contributed by atoms with Gasteiger partial charge in [0.2, 0.25) is 5.91 Å². The molecule has 2 aromatic rings. The molecular formula is C18H10Cl5F3N2O2. The molecule has 0 aliphatic heterocycles. The van der Waals surface area contributed by atoms with E-state index in [4.69, 9.17) is 58.0 Å². The Morgan fingerprint density at radius 3 is 2.10 bits per heavy atom. The molecule has 2 amide bonds. The number of hydrogen-bond acceptors (Lipinski definition) is 2. The standard InChI is InChI=1S/C18H10Cl5F3N2O2/c19-8-3-7(4-9(20)5-8)13-14(17(13,22)23)15(29)27-10-1-2-11(21)12(6-10)28-16(30)18(24,25)26/h1-6,13-14H,(H,27,29)(H,28,30)/t13-,14+/m0/s1. The van der Waals surface area contributed by atoms with E-state index >= 15 is 0 Å². The van der Waals surface area contributed by atoms with Gasteiger partial charge in [-0.3, -0.25) is 9.59 Å². The highest BCUT2D eigenvalue weighted by Crippen LogP contribution is 2.65. The fraction of sp³-hybridized carbons (Fsp3) is 0.222. The van der Waals surface area contributed by atoms with Crippen molar-refractivity contribution in [3.8, 4) is 0 Å². The van der Waals surface area contributed by atoms with E-state index in [1.165, 1.54) is 18.2 Å². The SMILES string of the molecule is O=C(Nc1ccc(Cl)c(NC(=O)C(F)(F)F)c1)[C@H]1[C@H](c2cc(Cl)cc(Cl)c2)C1(Cl)Cl. The second kappa shape index (κ2) is 8.28. The molecule has 3 rings (SSSR count). The lowest BCUT2D eigenvalue weighted by Crippen LogP contribution is -2.30. The van der Waals surface area contributed by atoms with Crippen molar-refractivity contribution in [2.24, 2.45) is 5.92 Å². The van der Waals surface area contributed by atoms with Crippen LogP contribution in [0, 0.1) is 5.92 Å². The molecule has 1 aliphatic rings. The molecule has 4 nitrogen and oxygen atoms in total. The van der Waals surface area contributed by atoms with Crippen molar-refractivity contribution in [2.75, 3.05) is 10.6 Å². The van der Waals surface area contributed by atoms with Crippen molar-refractivity contribution >= 4 is 81.2 Å². The number of rotatable bonds is 4. The summed E-state index contributed by atoms with van der Waals surface area (Å²) >= 11 is 30.3. The van der Waals surface area contributed by atoms with E-state index in [0.717, 1.165) is 6.07 Å². The van der Waals surface area contributed by atoms with E-state index < -0.39 is 34.2 Å². The molecule has 1 aliphatic carbocycles. The number of amides is 2. The minimum Gasteiger partial charge on any atom is -0.326 e. The highest BCUT2D eigenvalue weighted by Gasteiger charge is 2.67. The first-order chi connectivity index (χ1) is 13.8. The van der Waals surface area contributed by atoms with Crippen molar-refractivity contribution in [3.63, 3.8) is 0 Å². The average molecular weight is 521 g/mol. The fourth-order valence-electron chi connectivity index (χ4n) is 2.93. The zero-order valence-electron chi connectivity index (χ0n) is 14.5. The number of carbonyl (C=O) groups excluding carboxylic acids is 2. The second-order valence-corrected chi connectivity index (χ2v) is 9.19. The largest absolute Gasteiger partial charge is 0.471 e. The number of alkyl halides is 5. The van der Waals surface area contributed by atoms with Crippen molar-refractivity contribution in [1.82, 2.24) is 0 Å². The smallest absolute Gasteiger partial charge is 0.326 e. The van der Waals surface area contributed by atoms with E-state index in [2.05, 4.69) is 5.32 Å². The molecule has 0 radical (unpaired) electrons. The van der Waals surface area contributed by atoms with Crippen LogP contribution in [0.25, 0.3) is 0 Å². The Morgan fingerprint density at radius 1 is 0.933 bits per heavy atom. The van der Waals surface area contributed by atoms with Crippen LogP contribution in [0.4, 0.5) is 24.5 Å². The topological polar surface area (TPSA) is 58.2 Å². The number of carbonyl (C=O) groups is 2. The number of halogens is 8. The zero-order valence-corrected chi connectivity index (χ0v) is 18.2. The molecule has 12 heteroatoms.